The van der Waals surface area contributed by atoms with Gasteiger partial charge in [0.15, 0.2) is 0 Å². The average Bonchev–Trinajstić information content (AvgIpc) is 2.27. The summed E-state index contributed by atoms with van der Waals surface area (Å²) in [6.45, 7) is 0. The van der Waals surface area contributed by atoms with E-state index in [1.807, 2.05) is 30.3 Å². The molecule has 0 saturated carbocycles. The van der Waals surface area contributed by atoms with E-state index in [0.717, 1.165) is 21.9 Å². The Balaban J connectivity index is 2.78. The number of hydrogen-bond acceptors (Lipinski definition) is 1. The van der Waals surface area contributed by atoms with Gasteiger partial charge in [-0.25, -0.2) is 0 Å². The molecule has 0 bridgehead atoms. The van der Waals surface area contributed by atoms with Crippen molar-refractivity contribution in [3.63, 3.8) is 0 Å². The van der Waals surface area contributed by atoms with Crippen molar-refractivity contribution in [1.82, 2.24) is 0 Å². The Hall–Kier alpha value is -2.38. The van der Waals surface area contributed by atoms with Gasteiger partial charge in [0.2, 0.25) is 0 Å². The molecule has 15 heavy (non-hydrogen) atoms. The smallest absolute Gasteiger partial charge is 0.0479 e. The minimum atomic E-state index is 0.610. The standard InChI is InChI=1S/C14H9N/c1-3-10-5-6-12-8-11(4-2)14(15)9-13(12)7-10/h1-2,5-9H,15H2. The van der Waals surface area contributed by atoms with Gasteiger partial charge in [-0.2, -0.15) is 0 Å². The fourth-order valence-electron chi connectivity index (χ4n) is 1.53. The number of fused-ring (bicyclic) bond motifs is 1. The molecule has 2 aromatic rings. The first kappa shape index (κ1) is 9.19. The first-order chi connectivity index (χ1) is 7.24. The maximum Gasteiger partial charge on any atom is 0.0479 e. The van der Waals surface area contributed by atoms with Crippen LogP contribution in [-0.2, 0) is 0 Å². The summed E-state index contributed by atoms with van der Waals surface area (Å²) >= 11 is 0. The van der Waals surface area contributed by atoms with E-state index in [9.17, 15) is 0 Å². The van der Waals surface area contributed by atoms with Gasteiger partial charge in [0.05, 0.1) is 0 Å². The van der Waals surface area contributed by atoms with Gasteiger partial charge in [-0.05, 0) is 35.0 Å². The van der Waals surface area contributed by atoms with Gasteiger partial charge < -0.3 is 5.73 Å². The molecule has 2 N–H and O–H groups in total. The van der Waals surface area contributed by atoms with Crippen molar-refractivity contribution in [2.75, 3.05) is 5.73 Å². The summed E-state index contributed by atoms with van der Waals surface area (Å²) in [5, 5.41) is 2.07. The molecule has 2 aromatic carbocycles. The fourth-order valence-corrected chi connectivity index (χ4v) is 1.53. The third-order valence-corrected chi connectivity index (χ3v) is 2.33. The van der Waals surface area contributed by atoms with Crippen molar-refractivity contribution in [3.05, 3.63) is 41.5 Å². The summed E-state index contributed by atoms with van der Waals surface area (Å²) in [4.78, 5) is 0. The molecule has 0 unspecified atom stereocenters. The number of terminal acetylenes is 2. The van der Waals surface area contributed by atoms with Crippen LogP contribution < -0.4 is 5.73 Å². The average molecular weight is 191 g/mol. The van der Waals surface area contributed by atoms with Gasteiger partial charge in [0.25, 0.3) is 0 Å². The molecule has 70 valence electrons. The normalized spacial score (nSPS) is 9.47. The van der Waals surface area contributed by atoms with Crippen LogP contribution in [0.15, 0.2) is 30.3 Å². The Morgan fingerprint density at radius 3 is 2.40 bits per heavy atom. The SMILES string of the molecule is C#Cc1ccc2cc(C#C)c(N)cc2c1. The molecule has 0 heterocycles. The molecule has 2 rings (SSSR count). The summed E-state index contributed by atoms with van der Waals surface area (Å²) in [6, 6.07) is 9.51. The highest BCUT2D eigenvalue weighted by Crippen LogP contribution is 2.22. The molecule has 0 radical (unpaired) electrons. The van der Waals surface area contributed by atoms with Crippen LogP contribution in [0, 0.1) is 24.7 Å². The molecule has 0 aliphatic heterocycles. The predicted molar refractivity (Wildman–Crippen MR) is 64.2 cm³/mol. The minimum absolute atomic E-state index is 0.610. The number of anilines is 1. The fraction of sp³-hybridized carbons (Fsp3) is 0. The Kier molecular flexibility index (Phi) is 2.08. The highest BCUT2D eigenvalue weighted by molar-refractivity contribution is 5.89. The molecule has 0 spiro atoms. The van der Waals surface area contributed by atoms with E-state index in [4.69, 9.17) is 18.6 Å². The Bertz CT molecular complexity index is 609. The van der Waals surface area contributed by atoms with E-state index in [1.54, 1.807) is 0 Å². The zero-order chi connectivity index (χ0) is 10.8. The Labute approximate surface area is 88.9 Å². The molecule has 0 saturated heterocycles. The summed E-state index contributed by atoms with van der Waals surface area (Å²) in [6.07, 6.45) is 10.7. The third kappa shape index (κ3) is 1.52. The van der Waals surface area contributed by atoms with E-state index in [0.29, 0.717) is 5.69 Å². The third-order valence-electron chi connectivity index (χ3n) is 2.33. The Morgan fingerprint density at radius 1 is 0.933 bits per heavy atom. The Morgan fingerprint density at radius 2 is 1.73 bits per heavy atom. The van der Waals surface area contributed by atoms with Crippen LogP contribution in [0.4, 0.5) is 5.69 Å². The summed E-state index contributed by atoms with van der Waals surface area (Å²) in [5.74, 6) is 5.14. The lowest BCUT2D eigenvalue weighted by Crippen LogP contribution is -1.90. The van der Waals surface area contributed by atoms with Gasteiger partial charge in [-0.15, -0.1) is 12.8 Å². The van der Waals surface area contributed by atoms with Crippen molar-refractivity contribution in [2.24, 2.45) is 0 Å². The van der Waals surface area contributed by atoms with E-state index in [2.05, 4.69) is 11.8 Å². The molecule has 0 aliphatic carbocycles. The summed E-state index contributed by atoms with van der Waals surface area (Å²) in [7, 11) is 0. The van der Waals surface area contributed by atoms with Crippen LogP contribution in [-0.4, -0.2) is 0 Å². The van der Waals surface area contributed by atoms with Crippen LogP contribution in [0.5, 0.6) is 0 Å². The molecule has 0 fully saturated rings. The van der Waals surface area contributed by atoms with Gasteiger partial charge in [-0.3, -0.25) is 0 Å². The van der Waals surface area contributed by atoms with Crippen LogP contribution >= 0.6 is 0 Å². The van der Waals surface area contributed by atoms with Crippen LogP contribution in [0.3, 0.4) is 0 Å². The molecular weight excluding hydrogens is 182 g/mol. The molecule has 0 atom stereocenters. The molecule has 0 aliphatic rings. The number of nitrogens with two attached hydrogens (primary N) is 1. The largest absolute Gasteiger partial charge is 0.398 e. The summed E-state index contributed by atoms with van der Waals surface area (Å²) < 4.78 is 0. The zero-order valence-corrected chi connectivity index (χ0v) is 8.12. The van der Waals surface area contributed by atoms with E-state index >= 15 is 0 Å². The monoisotopic (exact) mass is 191 g/mol. The molecule has 1 nitrogen and oxygen atoms in total. The van der Waals surface area contributed by atoms with Gasteiger partial charge in [0, 0.05) is 16.8 Å². The first-order valence-corrected chi connectivity index (χ1v) is 4.51. The topological polar surface area (TPSA) is 26.0 Å². The summed E-state index contributed by atoms with van der Waals surface area (Å²) in [5.41, 5.74) is 7.97. The zero-order valence-electron chi connectivity index (χ0n) is 8.12. The molecule has 0 aromatic heterocycles. The molecule has 0 amide bonds. The lowest BCUT2D eigenvalue weighted by Gasteiger charge is -2.03. The van der Waals surface area contributed by atoms with E-state index in [-0.39, 0.29) is 0 Å². The van der Waals surface area contributed by atoms with Crippen molar-refractivity contribution in [2.45, 2.75) is 0 Å². The molecular formula is C14H9N. The maximum atomic E-state index is 5.79. The van der Waals surface area contributed by atoms with Crippen LogP contribution in [0.1, 0.15) is 11.1 Å². The highest BCUT2D eigenvalue weighted by Gasteiger charge is 2.00. The second kappa shape index (κ2) is 3.40. The second-order valence-corrected chi connectivity index (χ2v) is 3.29. The van der Waals surface area contributed by atoms with Crippen LogP contribution in [0.25, 0.3) is 10.8 Å². The number of nitrogen functional groups attached to an aromatic ring is 1. The number of benzene rings is 2. The van der Waals surface area contributed by atoms with Crippen molar-refractivity contribution in [1.29, 1.82) is 0 Å². The number of rotatable bonds is 0. The molecule has 1 heteroatoms. The van der Waals surface area contributed by atoms with Crippen molar-refractivity contribution < 1.29 is 0 Å². The van der Waals surface area contributed by atoms with Crippen molar-refractivity contribution >= 4 is 16.5 Å². The van der Waals surface area contributed by atoms with Gasteiger partial charge in [-0.1, -0.05) is 17.9 Å². The van der Waals surface area contributed by atoms with Gasteiger partial charge in [0.1, 0.15) is 0 Å². The number of hydrogen-bond donors (Lipinski definition) is 1. The van der Waals surface area contributed by atoms with Gasteiger partial charge >= 0.3 is 0 Å². The highest BCUT2D eigenvalue weighted by atomic mass is 14.6. The van der Waals surface area contributed by atoms with E-state index in [1.165, 1.54) is 0 Å². The first-order valence-electron chi connectivity index (χ1n) is 4.51. The lowest BCUT2D eigenvalue weighted by atomic mass is 10.0. The minimum Gasteiger partial charge on any atom is -0.398 e. The second-order valence-electron chi connectivity index (χ2n) is 3.29. The quantitative estimate of drug-likeness (QED) is 0.502. The van der Waals surface area contributed by atoms with Crippen molar-refractivity contribution in [3.8, 4) is 24.7 Å². The lowest BCUT2D eigenvalue weighted by molar-refractivity contribution is 1.65. The maximum absolute atomic E-state index is 5.79. The predicted octanol–water partition coefficient (Wildman–Crippen LogP) is 2.38. The van der Waals surface area contributed by atoms with Crippen LogP contribution in [0.2, 0.25) is 0 Å². The van der Waals surface area contributed by atoms with E-state index < -0.39 is 0 Å².